The fraction of sp³-hybridized carbons (Fsp3) is 0.357. The van der Waals surface area contributed by atoms with Gasteiger partial charge in [0.15, 0.2) is 0 Å². The third-order valence-electron chi connectivity index (χ3n) is 2.61. The third-order valence-corrected chi connectivity index (χ3v) is 5.27. The average Bonchev–Trinajstić information content (AvgIpc) is 2.34. The van der Waals surface area contributed by atoms with Crippen molar-refractivity contribution < 1.29 is 36.4 Å². The van der Waals surface area contributed by atoms with E-state index in [0.29, 0.717) is 6.07 Å². The summed E-state index contributed by atoms with van der Waals surface area (Å²) in [7, 11) is -4.01. The summed E-state index contributed by atoms with van der Waals surface area (Å²) in [6.07, 6.45) is -0.0772. The second-order valence-corrected chi connectivity index (χ2v) is 7.18. The molecule has 0 heterocycles. The fourth-order valence-electron chi connectivity index (χ4n) is 1.88. The summed E-state index contributed by atoms with van der Waals surface area (Å²) >= 11 is 0. The Morgan fingerprint density at radius 2 is 1.43 bits per heavy atom. The van der Waals surface area contributed by atoms with Crippen LogP contribution < -0.4 is 0 Å². The number of carbonyl (C=O) groups excluding carboxylic acids is 3. The molecule has 23 heavy (non-hydrogen) atoms. The Labute approximate surface area is 132 Å². The van der Waals surface area contributed by atoms with Crippen LogP contribution in [0.25, 0.3) is 0 Å². The zero-order valence-electron chi connectivity index (χ0n) is 12.9. The van der Waals surface area contributed by atoms with E-state index in [1.54, 1.807) is 0 Å². The molecular weight excluding hydrogens is 330 g/mol. The number of halogens is 2. The molecule has 1 rings (SSSR count). The van der Waals surface area contributed by atoms with Crippen LogP contribution in [0.1, 0.15) is 26.3 Å². The van der Waals surface area contributed by atoms with Crippen LogP contribution in [0, 0.1) is 11.6 Å². The predicted octanol–water partition coefficient (Wildman–Crippen LogP) is 2.14. The van der Waals surface area contributed by atoms with E-state index < -0.39 is 38.3 Å². The monoisotopic (exact) mass is 346 g/mol. The molecule has 6 nitrogen and oxygen atoms in total. The van der Waals surface area contributed by atoms with Crippen molar-refractivity contribution in [3.05, 3.63) is 35.4 Å². The number of carbonyl (C=O) groups is 3. The summed E-state index contributed by atoms with van der Waals surface area (Å²) in [5.74, 6) is -3.97. The molecule has 0 bridgehead atoms. The van der Waals surface area contributed by atoms with Crippen LogP contribution in [0.5, 0.6) is 0 Å². The molecule has 0 aliphatic heterocycles. The van der Waals surface area contributed by atoms with Crippen LogP contribution >= 0.6 is 0 Å². The normalized spacial score (nSPS) is 10.8. The van der Waals surface area contributed by atoms with Gasteiger partial charge >= 0.3 is 8.80 Å². The highest BCUT2D eigenvalue weighted by atomic mass is 28.4. The predicted molar refractivity (Wildman–Crippen MR) is 75.9 cm³/mol. The van der Waals surface area contributed by atoms with Crippen LogP contribution in [-0.2, 0) is 34.1 Å². The summed E-state index contributed by atoms with van der Waals surface area (Å²) in [6.45, 7) is 3.19. The Hall–Kier alpha value is -2.29. The summed E-state index contributed by atoms with van der Waals surface area (Å²) in [5, 5.41) is 0. The molecule has 0 radical (unpaired) electrons. The molecule has 0 spiro atoms. The van der Waals surface area contributed by atoms with Crippen molar-refractivity contribution in [2.75, 3.05) is 0 Å². The number of rotatable bonds is 6. The smallest absolute Gasteiger partial charge is 0.455 e. The van der Waals surface area contributed by atoms with Crippen molar-refractivity contribution in [3.63, 3.8) is 0 Å². The van der Waals surface area contributed by atoms with E-state index in [1.807, 2.05) is 0 Å². The number of hydrogen-bond acceptors (Lipinski definition) is 6. The molecule has 0 unspecified atom stereocenters. The average molecular weight is 346 g/mol. The number of aryl methyl sites for hydroxylation is 1. The number of benzene rings is 1. The van der Waals surface area contributed by atoms with Gasteiger partial charge in [-0.05, 0) is 18.1 Å². The van der Waals surface area contributed by atoms with Gasteiger partial charge in [0.1, 0.15) is 11.6 Å². The van der Waals surface area contributed by atoms with Crippen molar-refractivity contribution >= 4 is 26.7 Å². The van der Waals surface area contributed by atoms with Crippen molar-refractivity contribution in [2.45, 2.75) is 33.2 Å². The van der Waals surface area contributed by atoms with Crippen LogP contribution in [-0.4, -0.2) is 26.7 Å². The van der Waals surface area contributed by atoms with E-state index in [-0.39, 0.29) is 18.0 Å². The molecule has 0 saturated carbocycles. The van der Waals surface area contributed by atoms with Gasteiger partial charge in [0.25, 0.3) is 17.9 Å². The summed E-state index contributed by atoms with van der Waals surface area (Å²) in [5.41, 5.74) is 0.106. The molecular formula is C14H16F2O6Si. The molecule has 0 N–H and O–H groups in total. The first-order valence-electron chi connectivity index (χ1n) is 6.66. The zero-order valence-corrected chi connectivity index (χ0v) is 13.9. The highest BCUT2D eigenvalue weighted by molar-refractivity contribution is 6.65. The van der Waals surface area contributed by atoms with Crippen LogP contribution in [0.3, 0.4) is 0 Å². The fourth-order valence-corrected chi connectivity index (χ4v) is 4.21. The second kappa shape index (κ2) is 7.81. The molecule has 9 heteroatoms. The first-order chi connectivity index (χ1) is 10.6. The van der Waals surface area contributed by atoms with Gasteiger partial charge in [0.05, 0.1) is 6.04 Å². The van der Waals surface area contributed by atoms with Crippen LogP contribution in [0.15, 0.2) is 18.2 Å². The van der Waals surface area contributed by atoms with Gasteiger partial charge in [-0.2, -0.15) is 0 Å². The lowest BCUT2D eigenvalue weighted by molar-refractivity contribution is -0.147. The Balaban J connectivity index is 3.03. The Morgan fingerprint density at radius 3 is 1.83 bits per heavy atom. The van der Waals surface area contributed by atoms with E-state index in [1.165, 1.54) is 6.07 Å². The molecule has 0 aliphatic carbocycles. The van der Waals surface area contributed by atoms with E-state index in [2.05, 4.69) is 0 Å². The molecule has 0 amide bonds. The summed E-state index contributed by atoms with van der Waals surface area (Å²) in [4.78, 5) is 33.8. The van der Waals surface area contributed by atoms with Gasteiger partial charge in [0.2, 0.25) is 0 Å². The SMILES string of the molecule is CC(=O)O[Si](CCc1ccc(F)cc1F)(OC(C)=O)OC(C)=O. The summed E-state index contributed by atoms with van der Waals surface area (Å²) < 4.78 is 41.5. The standard InChI is InChI=1S/C14H16F2O6Si/c1-9(17)20-23(21-10(2)18,22-11(3)19)7-6-12-4-5-13(15)8-14(12)16/h4-5,8H,6-7H2,1-3H3. The molecule has 126 valence electrons. The molecule has 0 aliphatic rings. The van der Waals surface area contributed by atoms with Gasteiger partial charge in [0, 0.05) is 26.8 Å². The minimum atomic E-state index is -4.01. The second-order valence-electron chi connectivity index (χ2n) is 4.70. The third kappa shape index (κ3) is 6.15. The Bertz CT molecular complexity index is 578. The van der Waals surface area contributed by atoms with E-state index >= 15 is 0 Å². The highest BCUT2D eigenvalue weighted by Gasteiger charge is 2.51. The lowest BCUT2D eigenvalue weighted by Gasteiger charge is -2.26. The first-order valence-corrected chi connectivity index (χ1v) is 8.59. The molecule has 0 saturated heterocycles. The minimum Gasteiger partial charge on any atom is -0.455 e. The van der Waals surface area contributed by atoms with E-state index in [0.717, 1.165) is 26.8 Å². The van der Waals surface area contributed by atoms with Crippen LogP contribution in [0.2, 0.25) is 6.04 Å². The lowest BCUT2D eigenvalue weighted by Crippen LogP contribution is -2.49. The topological polar surface area (TPSA) is 78.9 Å². The molecule has 0 fully saturated rings. The quantitative estimate of drug-likeness (QED) is 0.734. The van der Waals surface area contributed by atoms with Crippen molar-refractivity contribution in [1.82, 2.24) is 0 Å². The maximum absolute atomic E-state index is 13.7. The minimum absolute atomic E-state index is 0.0772. The van der Waals surface area contributed by atoms with Crippen LogP contribution in [0.4, 0.5) is 8.78 Å². The van der Waals surface area contributed by atoms with Gasteiger partial charge in [-0.1, -0.05) is 6.07 Å². The zero-order chi connectivity index (χ0) is 17.6. The van der Waals surface area contributed by atoms with Crippen molar-refractivity contribution in [2.24, 2.45) is 0 Å². The Morgan fingerprint density at radius 1 is 0.957 bits per heavy atom. The van der Waals surface area contributed by atoms with E-state index in [9.17, 15) is 23.2 Å². The highest BCUT2D eigenvalue weighted by Crippen LogP contribution is 2.22. The molecule has 0 aromatic heterocycles. The first kappa shape index (κ1) is 18.8. The molecule has 1 aromatic carbocycles. The molecule has 0 atom stereocenters. The maximum atomic E-state index is 13.7. The lowest BCUT2D eigenvalue weighted by atomic mass is 10.1. The number of hydrogen-bond donors (Lipinski definition) is 0. The van der Waals surface area contributed by atoms with Gasteiger partial charge < -0.3 is 13.3 Å². The summed E-state index contributed by atoms with van der Waals surface area (Å²) in [6, 6.07) is 2.75. The largest absolute Gasteiger partial charge is 0.705 e. The van der Waals surface area contributed by atoms with Gasteiger partial charge in [-0.25, -0.2) is 8.78 Å². The van der Waals surface area contributed by atoms with Gasteiger partial charge in [-0.3, -0.25) is 14.4 Å². The van der Waals surface area contributed by atoms with Crippen molar-refractivity contribution in [1.29, 1.82) is 0 Å². The molecule has 1 aromatic rings. The van der Waals surface area contributed by atoms with Crippen molar-refractivity contribution in [3.8, 4) is 0 Å². The Kier molecular flexibility index (Phi) is 6.37. The van der Waals surface area contributed by atoms with E-state index in [4.69, 9.17) is 13.3 Å². The van der Waals surface area contributed by atoms with Gasteiger partial charge in [-0.15, -0.1) is 0 Å². The maximum Gasteiger partial charge on any atom is 0.705 e.